The zero-order valence-corrected chi connectivity index (χ0v) is 7.14. The lowest BCUT2D eigenvalue weighted by molar-refractivity contribution is -0.660. The van der Waals surface area contributed by atoms with E-state index >= 15 is 0 Å². The maximum Gasteiger partial charge on any atom is 0.320 e. The van der Waals surface area contributed by atoms with Crippen LogP contribution in [0.2, 0.25) is 0 Å². The monoisotopic (exact) mass is 178 g/mol. The number of nitrogens with zero attached hydrogens (tertiary/aromatic N) is 2. The number of rotatable bonds is 2. The van der Waals surface area contributed by atoms with E-state index < -0.39 is 4.65 Å². The number of hydrogen-bond donors (Lipinski definition) is 0. The van der Waals surface area contributed by atoms with Crippen LogP contribution in [0, 0.1) is 5.21 Å². The molecule has 1 saturated heterocycles. The van der Waals surface area contributed by atoms with Gasteiger partial charge in [-0.25, -0.2) is 4.79 Å². The third-order valence-electron chi connectivity index (χ3n) is 2.14. The summed E-state index contributed by atoms with van der Waals surface area (Å²) in [5.74, 6) is -0.279. The molecule has 0 bridgehead atoms. The molecular weight excluding hydrogens is 168 g/mol. The molecule has 1 fully saturated rings. The van der Waals surface area contributed by atoms with Crippen molar-refractivity contribution in [3.8, 4) is 0 Å². The van der Waals surface area contributed by atoms with Gasteiger partial charge in [0.05, 0.1) is 5.69 Å². The Morgan fingerprint density at radius 1 is 1.54 bits per heavy atom. The molecular formula is C9H10N2O2. The lowest BCUT2D eigenvalue weighted by Gasteiger charge is -2.17. The van der Waals surface area contributed by atoms with Crippen LogP contribution in [0.3, 0.4) is 0 Å². The second kappa shape index (κ2) is 2.90. The highest BCUT2D eigenvalue weighted by molar-refractivity contribution is 5.72. The van der Waals surface area contributed by atoms with Crippen LogP contribution in [0.25, 0.3) is 0 Å². The van der Waals surface area contributed by atoms with Gasteiger partial charge in [0.25, 0.3) is 0 Å². The number of aromatic nitrogens is 1. The maximum atomic E-state index is 11.3. The standard InChI is InChI=1S/C9H10N2O2/c12-9(11(13)5-6-11)7-8-3-1-2-4-10-8/h1-4H,5-7H2. The van der Waals surface area contributed by atoms with Gasteiger partial charge in [-0.2, -0.15) is 0 Å². The summed E-state index contributed by atoms with van der Waals surface area (Å²) in [5, 5.41) is 11.3. The normalized spacial score (nSPS) is 18.2. The Morgan fingerprint density at radius 2 is 2.31 bits per heavy atom. The highest BCUT2D eigenvalue weighted by atomic mass is 16.6. The largest absolute Gasteiger partial charge is 0.625 e. The summed E-state index contributed by atoms with van der Waals surface area (Å²) in [6, 6.07) is 5.35. The fourth-order valence-electron chi connectivity index (χ4n) is 1.14. The molecule has 0 N–H and O–H groups in total. The first-order valence-electron chi connectivity index (χ1n) is 4.22. The molecule has 1 amide bonds. The molecule has 1 aliphatic rings. The molecule has 13 heavy (non-hydrogen) atoms. The molecule has 0 atom stereocenters. The molecule has 0 aromatic carbocycles. The van der Waals surface area contributed by atoms with Gasteiger partial charge in [-0.3, -0.25) is 9.63 Å². The van der Waals surface area contributed by atoms with Crippen molar-refractivity contribution in [1.29, 1.82) is 0 Å². The smallest absolute Gasteiger partial charge is 0.320 e. The highest BCUT2D eigenvalue weighted by Crippen LogP contribution is 2.20. The topological polar surface area (TPSA) is 53.0 Å². The van der Waals surface area contributed by atoms with Gasteiger partial charge in [0.1, 0.15) is 19.5 Å². The Morgan fingerprint density at radius 3 is 2.85 bits per heavy atom. The predicted octanol–water partition coefficient (Wildman–Crippen LogP) is 0.479. The lowest BCUT2D eigenvalue weighted by Crippen LogP contribution is -2.28. The molecule has 1 aromatic rings. The van der Waals surface area contributed by atoms with E-state index in [9.17, 15) is 10.0 Å². The minimum absolute atomic E-state index is 0.157. The van der Waals surface area contributed by atoms with Crippen LogP contribution in [0.4, 0.5) is 0 Å². The van der Waals surface area contributed by atoms with Gasteiger partial charge in [0, 0.05) is 6.20 Å². The number of amides is 1. The fourth-order valence-corrected chi connectivity index (χ4v) is 1.14. The summed E-state index contributed by atoms with van der Waals surface area (Å²) in [6.07, 6.45) is 1.78. The molecule has 0 saturated carbocycles. The number of hydrogen-bond acceptors (Lipinski definition) is 3. The maximum absolute atomic E-state index is 11.3. The van der Waals surface area contributed by atoms with Gasteiger partial charge >= 0.3 is 5.91 Å². The summed E-state index contributed by atoms with van der Waals surface area (Å²) in [6.45, 7) is 0.872. The van der Waals surface area contributed by atoms with Crippen LogP contribution in [-0.2, 0) is 11.2 Å². The van der Waals surface area contributed by atoms with E-state index in [-0.39, 0.29) is 12.3 Å². The summed E-state index contributed by atoms with van der Waals surface area (Å²) < 4.78 is -0.656. The predicted molar refractivity (Wildman–Crippen MR) is 46.3 cm³/mol. The van der Waals surface area contributed by atoms with Gasteiger partial charge in [-0.05, 0) is 12.1 Å². The molecule has 1 aromatic heterocycles. The van der Waals surface area contributed by atoms with Crippen LogP contribution < -0.4 is 0 Å². The van der Waals surface area contributed by atoms with Crippen molar-refractivity contribution < 1.29 is 9.44 Å². The molecule has 0 unspecified atom stereocenters. The molecule has 4 nitrogen and oxygen atoms in total. The fraction of sp³-hybridized carbons (Fsp3) is 0.333. The summed E-state index contributed by atoms with van der Waals surface area (Å²) in [4.78, 5) is 15.3. The SMILES string of the molecule is O=C(Cc1ccccn1)[N+]1([O-])CC1. The Hall–Kier alpha value is -1.26. The molecule has 0 aliphatic carbocycles. The van der Waals surface area contributed by atoms with Gasteiger partial charge in [-0.15, -0.1) is 0 Å². The van der Waals surface area contributed by atoms with Crippen molar-refractivity contribution in [2.24, 2.45) is 0 Å². The van der Waals surface area contributed by atoms with Crippen LogP contribution in [0.1, 0.15) is 5.69 Å². The first kappa shape index (κ1) is 8.34. The third-order valence-corrected chi connectivity index (χ3v) is 2.14. The summed E-state index contributed by atoms with van der Waals surface area (Å²) in [7, 11) is 0. The van der Waals surface area contributed by atoms with E-state index in [0.29, 0.717) is 18.8 Å². The van der Waals surface area contributed by atoms with Crippen molar-refractivity contribution in [3.63, 3.8) is 0 Å². The minimum Gasteiger partial charge on any atom is -0.625 e. The van der Waals surface area contributed by atoms with Gasteiger partial charge in [0.15, 0.2) is 0 Å². The van der Waals surface area contributed by atoms with Gasteiger partial charge < -0.3 is 5.21 Å². The van der Waals surface area contributed by atoms with Crippen LogP contribution in [-0.4, -0.2) is 28.6 Å². The molecule has 4 heteroatoms. The van der Waals surface area contributed by atoms with E-state index in [1.807, 2.05) is 6.07 Å². The average Bonchev–Trinajstić information content (AvgIpc) is 2.87. The minimum atomic E-state index is -0.656. The number of hydroxylamine groups is 3. The second-order valence-corrected chi connectivity index (χ2v) is 3.23. The number of carbonyl (C=O) groups is 1. The third kappa shape index (κ3) is 1.74. The lowest BCUT2D eigenvalue weighted by atomic mass is 10.2. The average molecular weight is 178 g/mol. The van der Waals surface area contributed by atoms with Crippen LogP contribution in [0.5, 0.6) is 0 Å². The Bertz CT molecular complexity index is 320. The van der Waals surface area contributed by atoms with Crippen molar-refractivity contribution in [3.05, 3.63) is 35.3 Å². The molecule has 1 aliphatic heterocycles. The summed E-state index contributed by atoms with van der Waals surface area (Å²) in [5.41, 5.74) is 0.674. The van der Waals surface area contributed by atoms with Crippen molar-refractivity contribution in [2.45, 2.75) is 6.42 Å². The van der Waals surface area contributed by atoms with E-state index in [1.165, 1.54) is 0 Å². The van der Waals surface area contributed by atoms with Crippen molar-refractivity contribution in [1.82, 2.24) is 4.98 Å². The van der Waals surface area contributed by atoms with Crippen molar-refractivity contribution in [2.75, 3.05) is 13.1 Å². The Kier molecular flexibility index (Phi) is 1.86. The number of pyridine rings is 1. The van der Waals surface area contributed by atoms with Crippen molar-refractivity contribution >= 4 is 5.91 Å². The molecule has 2 rings (SSSR count). The first-order chi connectivity index (χ1) is 6.21. The van der Waals surface area contributed by atoms with E-state index in [2.05, 4.69) is 4.98 Å². The molecule has 68 valence electrons. The van der Waals surface area contributed by atoms with Gasteiger partial charge in [-0.1, -0.05) is 6.07 Å². The zero-order chi connectivity index (χ0) is 9.31. The van der Waals surface area contributed by atoms with Gasteiger partial charge in [0.2, 0.25) is 0 Å². The van der Waals surface area contributed by atoms with Crippen LogP contribution in [0.15, 0.2) is 24.4 Å². The first-order valence-corrected chi connectivity index (χ1v) is 4.22. The molecule has 0 spiro atoms. The Balaban J connectivity index is 2.03. The number of quaternary nitrogens is 1. The molecule has 2 heterocycles. The highest BCUT2D eigenvalue weighted by Gasteiger charge is 2.40. The zero-order valence-electron chi connectivity index (χ0n) is 7.14. The molecule has 0 radical (unpaired) electrons. The van der Waals surface area contributed by atoms with Crippen LogP contribution >= 0.6 is 0 Å². The Labute approximate surface area is 76.0 Å². The van der Waals surface area contributed by atoms with E-state index in [0.717, 1.165) is 0 Å². The van der Waals surface area contributed by atoms with E-state index in [1.54, 1.807) is 18.3 Å². The second-order valence-electron chi connectivity index (χ2n) is 3.23. The quantitative estimate of drug-likeness (QED) is 0.376. The van der Waals surface area contributed by atoms with E-state index in [4.69, 9.17) is 0 Å². The summed E-state index contributed by atoms with van der Waals surface area (Å²) >= 11 is 0. The number of carbonyl (C=O) groups excluding carboxylic acids is 1.